The Labute approximate surface area is 117 Å². The van der Waals surface area contributed by atoms with Gasteiger partial charge in [0.2, 0.25) is 0 Å². The quantitative estimate of drug-likeness (QED) is 0.835. The zero-order chi connectivity index (χ0) is 13.5. The SMILES string of the molecule is N#Cc1cccc(CNCCN2CCSCC2)c1F. The van der Waals surface area contributed by atoms with E-state index >= 15 is 0 Å². The van der Waals surface area contributed by atoms with Gasteiger partial charge in [-0.05, 0) is 6.07 Å². The molecular weight excluding hydrogens is 261 g/mol. The van der Waals surface area contributed by atoms with Crippen molar-refractivity contribution in [2.24, 2.45) is 0 Å². The molecule has 1 N–H and O–H groups in total. The van der Waals surface area contributed by atoms with Crippen molar-refractivity contribution in [3.63, 3.8) is 0 Å². The van der Waals surface area contributed by atoms with Gasteiger partial charge in [0, 0.05) is 49.8 Å². The van der Waals surface area contributed by atoms with Crippen LogP contribution >= 0.6 is 11.8 Å². The van der Waals surface area contributed by atoms with Gasteiger partial charge < -0.3 is 10.2 Å². The Bertz CT molecular complexity index is 452. The van der Waals surface area contributed by atoms with E-state index in [1.165, 1.54) is 17.6 Å². The smallest absolute Gasteiger partial charge is 0.145 e. The summed E-state index contributed by atoms with van der Waals surface area (Å²) >= 11 is 2.00. The van der Waals surface area contributed by atoms with E-state index in [0.29, 0.717) is 12.1 Å². The summed E-state index contributed by atoms with van der Waals surface area (Å²) in [7, 11) is 0. The Morgan fingerprint density at radius 3 is 2.89 bits per heavy atom. The molecule has 1 aliphatic heterocycles. The van der Waals surface area contributed by atoms with Crippen LogP contribution in [-0.4, -0.2) is 42.6 Å². The van der Waals surface area contributed by atoms with Gasteiger partial charge in [0.25, 0.3) is 0 Å². The lowest BCUT2D eigenvalue weighted by atomic mass is 10.1. The third kappa shape index (κ3) is 4.20. The van der Waals surface area contributed by atoms with Gasteiger partial charge in [-0.25, -0.2) is 4.39 Å². The summed E-state index contributed by atoms with van der Waals surface area (Å²) in [4.78, 5) is 2.42. The van der Waals surface area contributed by atoms with Crippen LogP contribution in [0.2, 0.25) is 0 Å². The summed E-state index contributed by atoms with van der Waals surface area (Å²) in [6, 6.07) is 6.81. The van der Waals surface area contributed by atoms with Crippen LogP contribution in [0.25, 0.3) is 0 Å². The molecule has 0 amide bonds. The van der Waals surface area contributed by atoms with Crippen LogP contribution in [0.1, 0.15) is 11.1 Å². The molecule has 102 valence electrons. The number of rotatable bonds is 5. The predicted octanol–water partition coefficient (Wildman–Crippen LogP) is 1.84. The molecule has 5 heteroatoms. The van der Waals surface area contributed by atoms with Gasteiger partial charge in [0.15, 0.2) is 0 Å². The number of nitriles is 1. The molecule has 0 saturated carbocycles. The van der Waals surface area contributed by atoms with Crippen LogP contribution in [0.15, 0.2) is 18.2 Å². The normalized spacial score (nSPS) is 16.2. The van der Waals surface area contributed by atoms with Gasteiger partial charge in [-0.2, -0.15) is 17.0 Å². The maximum atomic E-state index is 13.8. The average Bonchev–Trinajstić information content (AvgIpc) is 2.46. The first kappa shape index (κ1) is 14.3. The molecule has 0 radical (unpaired) electrons. The van der Waals surface area contributed by atoms with Crippen molar-refractivity contribution in [1.82, 2.24) is 10.2 Å². The Balaban J connectivity index is 1.75. The Morgan fingerprint density at radius 2 is 2.16 bits per heavy atom. The summed E-state index contributed by atoms with van der Waals surface area (Å²) in [6.45, 7) is 4.61. The van der Waals surface area contributed by atoms with E-state index in [0.717, 1.165) is 26.2 Å². The number of hydrogen-bond acceptors (Lipinski definition) is 4. The van der Waals surface area contributed by atoms with Gasteiger partial charge in [-0.3, -0.25) is 0 Å². The highest BCUT2D eigenvalue weighted by molar-refractivity contribution is 7.99. The fourth-order valence-electron chi connectivity index (χ4n) is 2.09. The molecule has 0 atom stereocenters. The van der Waals surface area contributed by atoms with Crippen molar-refractivity contribution >= 4 is 11.8 Å². The maximum absolute atomic E-state index is 13.8. The van der Waals surface area contributed by atoms with E-state index in [9.17, 15) is 4.39 Å². The highest BCUT2D eigenvalue weighted by Gasteiger charge is 2.10. The second-order valence-electron chi connectivity index (χ2n) is 4.52. The standard InChI is InChI=1S/C14H18FN3S/c15-14-12(10-16)2-1-3-13(14)11-17-4-5-18-6-8-19-9-7-18/h1-3,17H,4-9,11H2. The number of benzene rings is 1. The summed E-state index contributed by atoms with van der Waals surface area (Å²) in [5, 5.41) is 12.0. The molecular formula is C14H18FN3S. The van der Waals surface area contributed by atoms with Crippen LogP contribution in [-0.2, 0) is 6.54 Å². The summed E-state index contributed by atoms with van der Waals surface area (Å²) in [5.74, 6) is 2.02. The number of halogens is 1. The topological polar surface area (TPSA) is 39.1 Å². The molecule has 1 fully saturated rings. The predicted molar refractivity (Wildman–Crippen MR) is 76.6 cm³/mol. The van der Waals surface area contributed by atoms with Crippen LogP contribution in [0.5, 0.6) is 0 Å². The van der Waals surface area contributed by atoms with Gasteiger partial charge in [0.05, 0.1) is 5.56 Å². The number of nitrogens with one attached hydrogen (secondary N) is 1. The first-order valence-electron chi connectivity index (χ1n) is 6.49. The zero-order valence-corrected chi connectivity index (χ0v) is 11.7. The monoisotopic (exact) mass is 279 g/mol. The first-order chi connectivity index (χ1) is 9.31. The Hall–Kier alpha value is -1.09. The minimum absolute atomic E-state index is 0.118. The van der Waals surface area contributed by atoms with Gasteiger partial charge in [-0.15, -0.1) is 0 Å². The molecule has 0 aromatic heterocycles. The second-order valence-corrected chi connectivity index (χ2v) is 5.75. The number of thioether (sulfide) groups is 1. The molecule has 0 spiro atoms. The lowest BCUT2D eigenvalue weighted by Crippen LogP contribution is -2.37. The molecule has 3 nitrogen and oxygen atoms in total. The lowest BCUT2D eigenvalue weighted by molar-refractivity contribution is 0.301. The van der Waals surface area contributed by atoms with Crippen LogP contribution in [0.4, 0.5) is 4.39 Å². The number of hydrogen-bond donors (Lipinski definition) is 1. The Morgan fingerprint density at radius 1 is 1.37 bits per heavy atom. The van der Waals surface area contributed by atoms with Crippen molar-refractivity contribution in [1.29, 1.82) is 5.26 Å². The largest absolute Gasteiger partial charge is 0.311 e. The van der Waals surface area contributed by atoms with E-state index in [2.05, 4.69) is 10.2 Å². The molecule has 1 aromatic rings. The maximum Gasteiger partial charge on any atom is 0.145 e. The average molecular weight is 279 g/mol. The van der Waals surface area contributed by atoms with Crippen molar-refractivity contribution in [2.45, 2.75) is 6.54 Å². The Kier molecular flexibility index (Phi) is 5.64. The van der Waals surface area contributed by atoms with Crippen molar-refractivity contribution in [2.75, 3.05) is 37.7 Å². The number of nitrogens with zero attached hydrogens (tertiary/aromatic N) is 2. The van der Waals surface area contributed by atoms with Gasteiger partial charge >= 0.3 is 0 Å². The zero-order valence-electron chi connectivity index (χ0n) is 10.9. The molecule has 1 heterocycles. The van der Waals surface area contributed by atoms with Crippen molar-refractivity contribution < 1.29 is 4.39 Å². The van der Waals surface area contributed by atoms with E-state index in [4.69, 9.17) is 5.26 Å². The van der Waals surface area contributed by atoms with Crippen LogP contribution in [0, 0.1) is 17.1 Å². The van der Waals surface area contributed by atoms with Crippen molar-refractivity contribution in [3.05, 3.63) is 35.1 Å². The third-order valence-electron chi connectivity index (χ3n) is 3.22. The highest BCUT2D eigenvalue weighted by atomic mass is 32.2. The summed E-state index contributed by atoms with van der Waals surface area (Å²) < 4.78 is 13.8. The molecule has 2 rings (SSSR count). The molecule has 0 bridgehead atoms. The van der Waals surface area contributed by atoms with E-state index in [1.54, 1.807) is 12.1 Å². The van der Waals surface area contributed by atoms with E-state index in [-0.39, 0.29) is 5.56 Å². The summed E-state index contributed by atoms with van der Waals surface area (Å²) in [6.07, 6.45) is 0. The lowest BCUT2D eigenvalue weighted by Gasteiger charge is -2.26. The third-order valence-corrected chi connectivity index (χ3v) is 4.17. The molecule has 0 aliphatic carbocycles. The van der Waals surface area contributed by atoms with Gasteiger partial charge in [-0.1, -0.05) is 12.1 Å². The van der Waals surface area contributed by atoms with Crippen LogP contribution < -0.4 is 5.32 Å². The van der Waals surface area contributed by atoms with E-state index in [1.807, 2.05) is 17.8 Å². The fraction of sp³-hybridized carbons (Fsp3) is 0.500. The fourth-order valence-corrected chi connectivity index (χ4v) is 3.07. The van der Waals surface area contributed by atoms with Crippen LogP contribution in [0.3, 0.4) is 0 Å². The second kappa shape index (κ2) is 7.49. The minimum Gasteiger partial charge on any atom is -0.311 e. The molecule has 0 unspecified atom stereocenters. The molecule has 1 aromatic carbocycles. The summed E-state index contributed by atoms with van der Waals surface area (Å²) in [5.41, 5.74) is 0.681. The molecule has 19 heavy (non-hydrogen) atoms. The minimum atomic E-state index is -0.396. The molecule has 1 aliphatic rings. The van der Waals surface area contributed by atoms with E-state index < -0.39 is 5.82 Å². The first-order valence-corrected chi connectivity index (χ1v) is 7.65. The van der Waals surface area contributed by atoms with Gasteiger partial charge in [0.1, 0.15) is 11.9 Å². The van der Waals surface area contributed by atoms with Crippen molar-refractivity contribution in [3.8, 4) is 6.07 Å². The highest BCUT2D eigenvalue weighted by Crippen LogP contribution is 2.12. The molecule has 1 saturated heterocycles.